The molecular weight excluding hydrogens is 366 g/mol. The van der Waals surface area contributed by atoms with Gasteiger partial charge in [0, 0.05) is 22.4 Å². The van der Waals surface area contributed by atoms with Gasteiger partial charge in [-0.3, -0.25) is 9.20 Å². The number of benzene rings is 1. The molecule has 1 amide bonds. The number of hydrogen-bond donors (Lipinski definition) is 1. The van der Waals surface area contributed by atoms with Gasteiger partial charge >= 0.3 is 0 Å². The molecule has 6 heteroatoms. The van der Waals surface area contributed by atoms with Gasteiger partial charge in [-0.2, -0.15) is 0 Å². The van der Waals surface area contributed by atoms with Crippen molar-refractivity contribution >= 4 is 50.8 Å². The average Bonchev–Trinajstić information content (AvgIpc) is 2.83. The summed E-state index contributed by atoms with van der Waals surface area (Å²) < 4.78 is 2.78. The number of amides is 1. The lowest BCUT2D eigenvalue weighted by Crippen LogP contribution is -2.07. The number of nitrogens with zero attached hydrogens (tertiary/aromatic N) is 2. The van der Waals surface area contributed by atoms with Crippen LogP contribution in [0.4, 0.5) is 5.69 Å². The van der Waals surface area contributed by atoms with Crippen molar-refractivity contribution in [2.24, 2.45) is 0 Å². The molecule has 3 rings (SSSR count). The molecular formula is C16H11BrClN3O. The van der Waals surface area contributed by atoms with Crippen LogP contribution in [0.5, 0.6) is 0 Å². The monoisotopic (exact) mass is 375 g/mol. The maximum atomic E-state index is 12.0. The molecule has 0 radical (unpaired) electrons. The Morgan fingerprint density at radius 3 is 2.77 bits per heavy atom. The summed E-state index contributed by atoms with van der Waals surface area (Å²) in [6, 6.07) is 13.0. The number of fused-ring (bicyclic) bond motifs is 1. The molecule has 0 aliphatic heterocycles. The Bertz CT molecular complexity index is 855. The summed E-state index contributed by atoms with van der Waals surface area (Å²) in [6.45, 7) is 0. The Morgan fingerprint density at radius 1 is 1.23 bits per heavy atom. The molecule has 3 aromatic rings. The molecule has 0 bridgehead atoms. The van der Waals surface area contributed by atoms with Crippen molar-refractivity contribution in [1.29, 1.82) is 0 Å². The van der Waals surface area contributed by atoms with Gasteiger partial charge < -0.3 is 5.32 Å². The highest BCUT2D eigenvalue weighted by Gasteiger charge is 2.07. The lowest BCUT2D eigenvalue weighted by molar-refractivity contribution is -0.111. The Balaban J connectivity index is 1.79. The van der Waals surface area contributed by atoms with Gasteiger partial charge in [-0.1, -0.05) is 33.6 Å². The summed E-state index contributed by atoms with van der Waals surface area (Å²) >= 11 is 9.46. The predicted octanol–water partition coefficient (Wildman–Crippen LogP) is 4.40. The molecule has 0 spiro atoms. The maximum Gasteiger partial charge on any atom is 0.248 e. The summed E-state index contributed by atoms with van der Waals surface area (Å²) in [4.78, 5) is 16.2. The van der Waals surface area contributed by atoms with Crippen LogP contribution in [0.2, 0.25) is 5.15 Å². The Kier molecular flexibility index (Phi) is 4.27. The molecule has 0 aliphatic carbocycles. The predicted molar refractivity (Wildman–Crippen MR) is 92.0 cm³/mol. The number of halogens is 2. The minimum absolute atomic E-state index is 0.232. The van der Waals surface area contributed by atoms with Crippen LogP contribution >= 0.6 is 27.5 Å². The van der Waals surface area contributed by atoms with Crippen molar-refractivity contribution in [2.75, 3.05) is 5.32 Å². The number of aromatic nitrogens is 2. The third-order valence-corrected chi connectivity index (χ3v) is 3.83. The Hall–Kier alpha value is -2.11. The van der Waals surface area contributed by atoms with E-state index in [1.165, 1.54) is 6.08 Å². The topological polar surface area (TPSA) is 46.4 Å². The van der Waals surface area contributed by atoms with Gasteiger partial charge in [0.2, 0.25) is 5.91 Å². The zero-order valence-electron chi connectivity index (χ0n) is 11.3. The number of carbonyl (C=O) groups excluding carboxylic acids is 1. The zero-order valence-corrected chi connectivity index (χ0v) is 13.7. The lowest BCUT2D eigenvalue weighted by atomic mass is 10.3. The molecule has 0 fully saturated rings. The van der Waals surface area contributed by atoms with Crippen molar-refractivity contribution < 1.29 is 4.79 Å². The second-order valence-corrected chi connectivity index (χ2v) is 5.82. The van der Waals surface area contributed by atoms with Crippen molar-refractivity contribution in [2.45, 2.75) is 0 Å². The van der Waals surface area contributed by atoms with Crippen LogP contribution in [0.15, 0.2) is 59.2 Å². The number of rotatable bonds is 3. The SMILES string of the molecule is O=C(/C=C/c1c(Cl)nc2ccccn12)Nc1ccc(Br)cc1. The second kappa shape index (κ2) is 6.34. The molecule has 110 valence electrons. The Labute approximate surface area is 140 Å². The van der Waals surface area contributed by atoms with Crippen LogP contribution in [-0.2, 0) is 4.79 Å². The fourth-order valence-electron chi connectivity index (χ4n) is 2.01. The first-order valence-corrected chi connectivity index (χ1v) is 7.68. The molecule has 1 aromatic carbocycles. The number of anilines is 1. The Morgan fingerprint density at radius 2 is 2.00 bits per heavy atom. The van der Waals surface area contributed by atoms with Crippen molar-refractivity contribution in [3.8, 4) is 0 Å². The van der Waals surface area contributed by atoms with Gasteiger partial charge in [-0.25, -0.2) is 4.98 Å². The van der Waals surface area contributed by atoms with E-state index in [9.17, 15) is 4.79 Å². The molecule has 0 saturated heterocycles. The number of carbonyl (C=O) groups is 1. The summed E-state index contributed by atoms with van der Waals surface area (Å²) in [5.41, 5.74) is 2.13. The first-order valence-electron chi connectivity index (χ1n) is 6.51. The fraction of sp³-hybridized carbons (Fsp3) is 0. The average molecular weight is 377 g/mol. The highest BCUT2D eigenvalue weighted by Crippen LogP contribution is 2.19. The largest absolute Gasteiger partial charge is 0.323 e. The standard InChI is InChI=1S/C16H11BrClN3O/c17-11-4-6-12(7-5-11)19-15(22)9-8-13-16(18)20-14-3-1-2-10-21(13)14/h1-10H,(H,19,22)/b9-8+. The van der Waals surface area contributed by atoms with Crippen molar-refractivity contribution in [3.05, 3.63) is 70.1 Å². The van der Waals surface area contributed by atoms with E-state index in [1.54, 1.807) is 6.08 Å². The van der Waals surface area contributed by atoms with Crippen LogP contribution in [-0.4, -0.2) is 15.3 Å². The minimum Gasteiger partial charge on any atom is -0.323 e. The minimum atomic E-state index is -0.232. The number of nitrogens with one attached hydrogen (secondary N) is 1. The smallest absolute Gasteiger partial charge is 0.248 e. The van der Waals surface area contributed by atoms with E-state index < -0.39 is 0 Å². The molecule has 0 unspecified atom stereocenters. The fourth-order valence-corrected chi connectivity index (χ4v) is 2.51. The van der Waals surface area contributed by atoms with E-state index in [0.29, 0.717) is 10.8 Å². The van der Waals surface area contributed by atoms with Gasteiger partial charge in [-0.05, 0) is 42.5 Å². The first kappa shape index (κ1) is 14.8. The zero-order chi connectivity index (χ0) is 15.5. The molecule has 4 nitrogen and oxygen atoms in total. The normalized spacial score (nSPS) is 11.2. The van der Waals surface area contributed by atoms with Gasteiger partial charge in [0.15, 0.2) is 5.15 Å². The van der Waals surface area contributed by atoms with Gasteiger partial charge in [-0.15, -0.1) is 0 Å². The van der Waals surface area contributed by atoms with Crippen LogP contribution in [0, 0.1) is 0 Å². The van der Waals surface area contributed by atoms with E-state index in [0.717, 1.165) is 15.8 Å². The van der Waals surface area contributed by atoms with Crippen LogP contribution in [0.1, 0.15) is 5.69 Å². The number of pyridine rings is 1. The van der Waals surface area contributed by atoms with E-state index in [4.69, 9.17) is 11.6 Å². The summed E-state index contributed by atoms with van der Waals surface area (Å²) in [5.74, 6) is -0.232. The number of imidazole rings is 1. The van der Waals surface area contributed by atoms with E-state index >= 15 is 0 Å². The molecule has 0 saturated carbocycles. The van der Waals surface area contributed by atoms with Crippen molar-refractivity contribution in [1.82, 2.24) is 9.38 Å². The van der Waals surface area contributed by atoms with E-state index in [-0.39, 0.29) is 5.91 Å². The quantitative estimate of drug-likeness (QED) is 0.689. The third-order valence-electron chi connectivity index (χ3n) is 3.03. The molecule has 2 heterocycles. The van der Waals surface area contributed by atoms with Gasteiger partial charge in [0.05, 0.1) is 5.69 Å². The summed E-state index contributed by atoms with van der Waals surface area (Å²) in [5, 5.41) is 3.14. The van der Waals surface area contributed by atoms with Gasteiger partial charge in [0.25, 0.3) is 0 Å². The highest BCUT2D eigenvalue weighted by atomic mass is 79.9. The van der Waals surface area contributed by atoms with Crippen LogP contribution < -0.4 is 5.32 Å². The van der Waals surface area contributed by atoms with Gasteiger partial charge in [0.1, 0.15) is 5.65 Å². The lowest BCUT2D eigenvalue weighted by Gasteiger charge is -2.01. The molecule has 0 atom stereocenters. The van der Waals surface area contributed by atoms with Crippen molar-refractivity contribution in [3.63, 3.8) is 0 Å². The molecule has 22 heavy (non-hydrogen) atoms. The number of hydrogen-bond acceptors (Lipinski definition) is 2. The summed E-state index contributed by atoms with van der Waals surface area (Å²) in [7, 11) is 0. The van der Waals surface area contributed by atoms with E-state index in [1.807, 2.05) is 53.1 Å². The second-order valence-electron chi connectivity index (χ2n) is 4.55. The van der Waals surface area contributed by atoms with E-state index in [2.05, 4.69) is 26.2 Å². The molecule has 2 aromatic heterocycles. The third kappa shape index (κ3) is 3.21. The maximum absolute atomic E-state index is 12.0. The van der Waals surface area contributed by atoms with Crippen LogP contribution in [0.25, 0.3) is 11.7 Å². The molecule has 1 N–H and O–H groups in total. The van der Waals surface area contributed by atoms with Crippen LogP contribution in [0.3, 0.4) is 0 Å². The summed E-state index contributed by atoms with van der Waals surface area (Å²) in [6.07, 6.45) is 4.93. The molecule has 0 aliphatic rings. The first-order chi connectivity index (χ1) is 10.6. The highest BCUT2D eigenvalue weighted by molar-refractivity contribution is 9.10.